The van der Waals surface area contributed by atoms with Crippen molar-refractivity contribution in [3.05, 3.63) is 18.2 Å². The third-order valence-electron chi connectivity index (χ3n) is 3.05. The molecule has 1 aromatic heterocycles. The molecular formula is C14H24N4O3. The van der Waals surface area contributed by atoms with Gasteiger partial charge in [-0.05, 0) is 11.8 Å². The van der Waals surface area contributed by atoms with E-state index in [4.69, 9.17) is 0 Å². The second-order valence-electron chi connectivity index (χ2n) is 6.32. The summed E-state index contributed by atoms with van der Waals surface area (Å²) in [4.78, 5) is 27.0. The summed E-state index contributed by atoms with van der Waals surface area (Å²) in [6.45, 7) is 6.34. The summed E-state index contributed by atoms with van der Waals surface area (Å²) in [5, 5.41) is 14.4. The van der Waals surface area contributed by atoms with E-state index >= 15 is 0 Å². The Kier molecular flexibility index (Phi) is 5.75. The Morgan fingerprint density at radius 1 is 1.38 bits per heavy atom. The molecule has 0 bridgehead atoms. The van der Waals surface area contributed by atoms with Crippen LogP contribution >= 0.6 is 0 Å². The number of carboxylic acid groups (broad SMARTS) is 1. The minimum atomic E-state index is -0.894. The van der Waals surface area contributed by atoms with Crippen LogP contribution in [-0.4, -0.2) is 33.2 Å². The first-order valence-corrected chi connectivity index (χ1v) is 6.90. The predicted molar refractivity (Wildman–Crippen MR) is 78.6 cm³/mol. The van der Waals surface area contributed by atoms with E-state index in [2.05, 4.69) is 15.6 Å². The van der Waals surface area contributed by atoms with Crippen LogP contribution < -0.4 is 10.6 Å². The number of nitrogens with one attached hydrogen (secondary N) is 2. The second-order valence-corrected chi connectivity index (χ2v) is 6.32. The monoisotopic (exact) mass is 296 g/mol. The topological polar surface area (TPSA) is 96.3 Å². The van der Waals surface area contributed by atoms with E-state index in [0.717, 1.165) is 5.82 Å². The zero-order valence-corrected chi connectivity index (χ0v) is 13.0. The number of nitrogens with zero attached hydrogens (tertiary/aromatic N) is 2. The van der Waals surface area contributed by atoms with Crippen molar-refractivity contribution in [1.82, 2.24) is 20.2 Å². The van der Waals surface area contributed by atoms with Crippen LogP contribution in [0.1, 0.15) is 33.0 Å². The van der Waals surface area contributed by atoms with Crippen LogP contribution in [0.25, 0.3) is 0 Å². The fourth-order valence-electron chi connectivity index (χ4n) is 1.99. The first kappa shape index (κ1) is 17.0. The Hall–Kier alpha value is -2.05. The average molecular weight is 296 g/mol. The lowest BCUT2D eigenvalue weighted by molar-refractivity contribution is -0.142. The van der Waals surface area contributed by atoms with Crippen LogP contribution in [-0.2, 0) is 18.4 Å². The average Bonchev–Trinajstić information content (AvgIpc) is 2.76. The van der Waals surface area contributed by atoms with Crippen LogP contribution in [0.2, 0.25) is 0 Å². The van der Waals surface area contributed by atoms with Crippen molar-refractivity contribution in [3.63, 3.8) is 0 Å². The summed E-state index contributed by atoms with van der Waals surface area (Å²) in [5.41, 5.74) is -0.103. The number of aliphatic carboxylic acids is 1. The Balaban J connectivity index is 2.40. The molecule has 0 aliphatic carbocycles. The third-order valence-corrected chi connectivity index (χ3v) is 3.05. The normalized spacial score (nSPS) is 12.8. The third kappa shape index (κ3) is 6.29. The van der Waals surface area contributed by atoms with E-state index in [-0.39, 0.29) is 12.0 Å². The molecule has 0 aliphatic rings. The number of aryl methyl sites for hydroxylation is 1. The number of imidazole rings is 1. The second kappa shape index (κ2) is 7.10. The SMILES string of the molecule is Cn1ccnc1CNC(=O)NCC(CC(C)(C)C)C(=O)O. The summed E-state index contributed by atoms with van der Waals surface area (Å²) in [6, 6.07) is -0.391. The lowest BCUT2D eigenvalue weighted by Crippen LogP contribution is -2.40. The maximum atomic E-state index is 11.7. The largest absolute Gasteiger partial charge is 0.481 e. The zero-order chi connectivity index (χ0) is 16.0. The molecule has 0 saturated carbocycles. The number of hydrogen-bond donors (Lipinski definition) is 3. The molecule has 2 amide bonds. The number of hydrogen-bond acceptors (Lipinski definition) is 3. The van der Waals surface area contributed by atoms with E-state index in [1.807, 2.05) is 27.8 Å². The van der Waals surface area contributed by atoms with E-state index in [1.54, 1.807) is 17.0 Å². The Bertz CT molecular complexity index is 491. The number of carbonyl (C=O) groups is 2. The van der Waals surface area contributed by atoms with Crippen molar-refractivity contribution in [2.75, 3.05) is 6.54 Å². The van der Waals surface area contributed by atoms with E-state index in [9.17, 15) is 14.7 Å². The standard InChI is InChI=1S/C14H24N4O3/c1-14(2,3)7-10(12(19)20)8-16-13(21)17-9-11-15-5-6-18(11)4/h5-6,10H,7-9H2,1-4H3,(H,19,20)(H2,16,17,21). The number of aromatic nitrogens is 2. The molecule has 1 aromatic rings. The number of rotatable bonds is 6. The molecule has 0 aliphatic heterocycles. The highest BCUT2D eigenvalue weighted by atomic mass is 16.4. The van der Waals surface area contributed by atoms with Gasteiger partial charge < -0.3 is 20.3 Å². The molecule has 0 radical (unpaired) electrons. The number of carboxylic acids is 1. The van der Waals surface area contributed by atoms with Crippen molar-refractivity contribution in [1.29, 1.82) is 0 Å². The van der Waals surface area contributed by atoms with Gasteiger partial charge >= 0.3 is 12.0 Å². The number of carbonyl (C=O) groups excluding carboxylic acids is 1. The fraction of sp³-hybridized carbons (Fsp3) is 0.643. The van der Waals surface area contributed by atoms with Gasteiger partial charge in [0.1, 0.15) is 5.82 Å². The van der Waals surface area contributed by atoms with Crippen LogP contribution in [0.4, 0.5) is 4.79 Å². The quantitative estimate of drug-likeness (QED) is 0.738. The van der Waals surface area contributed by atoms with Crippen LogP contribution in [0.15, 0.2) is 12.4 Å². The van der Waals surface area contributed by atoms with Gasteiger partial charge in [-0.3, -0.25) is 4.79 Å². The van der Waals surface area contributed by atoms with Gasteiger partial charge in [-0.25, -0.2) is 9.78 Å². The van der Waals surface area contributed by atoms with Gasteiger partial charge in [0.05, 0.1) is 12.5 Å². The van der Waals surface area contributed by atoms with E-state index in [0.29, 0.717) is 13.0 Å². The van der Waals surface area contributed by atoms with Crippen LogP contribution in [0.3, 0.4) is 0 Å². The first-order chi connectivity index (χ1) is 9.69. The molecular weight excluding hydrogens is 272 g/mol. The van der Waals surface area contributed by atoms with Crippen molar-refractivity contribution in [2.24, 2.45) is 18.4 Å². The molecule has 1 atom stereocenters. The molecule has 0 aromatic carbocycles. The van der Waals surface area contributed by atoms with Gasteiger partial charge in [0.25, 0.3) is 0 Å². The molecule has 1 unspecified atom stereocenters. The predicted octanol–water partition coefficient (Wildman–Crippen LogP) is 1.36. The molecule has 7 heteroatoms. The van der Waals surface area contributed by atoms with E-state index in [1.165, 1.54) is 0 Å². The molecule has 1 rings (SSSR count). The first-order valence-electron chi connectivity index (χ1n) is 6.90. The summed E-state index contributed by atoms with van der Waals surface area (Å²) < 4.78 is 1.81. The Labute approximate surface area is 124 Å². The highest BCUT2D eigenvalue weighted by molar-refractivity contribution is 5.75. The molecule has 0 spiro atoms. The van der Waals surface area contributed by atoms with Crippen molar-refractivity contribution < 1.29 is 14.7 Å². The Morgan fingerprint density at radius 3 is 2.52 bits per heavy atom. The molecule has 21 heavy (non-hydrogen) atoms. The lowest BCUT2D eigenvalue weighted by Gasteiger charge is -2.23. The summed E-state index contributed by atoms with van der Waals surface area (Å²) >= 11 is 0. The maximum absolute atomic E-state index is 11.7. The smallest absolute Gasteiger partial charge is 0.315 e. The summed E-state index contributed by atoms with van der Waals surface area (Å²) in [5.74, 6) is -0.757. The minimum absolute atomic E-state index is 0.103. The molecule has 0 fully saturated rings. The number of urea groups is 1. The van der Waals surface area contributed by atoms with E-state index < -0.39 is 17.9 Å². The summed E-state index contributed by atoms with van der Waals surface area (Å²) in [6.07, 6.45) is 3.94. The van der Waals surface area contributed by atoms with Crippen molar-refractivity contribution in [2.45, 2.75) is 33.7 Å². The minimum Gasteiger partial charge on any atom is -0.481 e. The van der Waals surface area contributed by atoms with Gasteiger partial charge in [-0.15, -0.1) is 0 Å². The van der Waals surface area contributed by atoms with Gasteiger partial charge in [0.2, 0.25) is 0 Å². The highest BCUT2D eigenvalue weighted by Crippen LogP contribution is 2.24. The van der Waals surface area contributed by atoms with Crippen molar-refractivity contribution >= 4 is 12.0 Å². The van der Waals surface area contributed by atoms with Gasteiger partial charge in [0, 0.05) is 26.0 Å². The van der Waals surface area contributed by atoms with Crippen molar-refractivity contribution in [3.8, 4) is 0 Å². The van der Waals surface area contributed by atoms with Crippen LogP contribution in [0, 0.1) is 11.3 Å². The lowest BCUT2D eigenvalue weighted by atomic mass is 9.84. The number of amides is 2. The molecule has 1 heterocycles. The highest BCUT2D eigenvalue weighted by Gasteiger charge is 2.24. The molecule has 0 saturated heterocycles. The zero-order valence-electron chi connectivity index (χ0n) is 13.0. The molecule has 7 nitrogen and oxygen atoms in total. The Morgan fingerprint density at radius 2 is 2.05 bits per heavy atom. The molecule has 118 valence electrons. The maximum Gasteiger partial charge on any atom is 0.315 e. The van der Waals surface area contributed by atoms with Gasteiger partial charge in [0.15, 0.2) is 0 Å². The van der Waals surface area contributed by atoms with Crippen LogP contribution in [0.5, 0.6) is 0 Å². The fourth-order valence-corrected chi connectivity index (χ4v) is 1.99. The summed E-state index contributed by atoms with van der Waals surface area (Å²) in [7, 11) is 1.84. The van der Waals surface area contributed by atoms with Gasteiger partial charge in [-0.2, -0.15) is 0 Å². The van der Waals surface area contributed by atoms with Gasteiger partial charge in [-0.1, -0.05) is 20.8 Å². The molecule has 3 N–H and O–H groups in total.